The van der Waals surface area contributed by atoms with Crippen molar-refractivity contribution in [2.45, 2.75) is 56.7 Å². The van der Waals surface area contributed by atoms with Gasteiger partial charge in [-0.3, -0.25) is 9.36 Å². The Labute approximate surface area is 196 Å². The van der Waals surface area contributed by atoms with Crippen molar-refractivity contribution in [2.24, 2.45) is 0 Å². The summed E-state index contributed by atoms with van der Waals surface area (Å²) in [6.45, 7) is 0. The van der Waals surface area contributed by atoms with Crippen LogP contribution >= 0.6 is 11.3 Å². The molecule has 0 saturated carbocycles. The van der Waals surface area contributed by atoms with Crippen LogP contribution in [0.2, 0.25) is 0 Å². The van der Waals surface area contributed by atoms with Gasteiger partial charge in [-0.05, 0) is 81.6 Å². The van der Waals surface area contributed by atoms with Crippen LogP contribution in [-0.2, 0) is 12.8 Å². The van der Waals surface area contributed by atoms with Crippen molar-refractivity contribution < 1.29 is 9.15 Å². The van der Waals surface area contributed by atoms with E-state index in [4.69, 9.17) is 9.15 Å². The minimum atomic E-state index is -0.0326. The average molecular weight is 462 g/mol. The highest BCUT2D eigenvalue weighted by atomic mass is 32.1. The Kier molecular flexibility index (Phi) is 5.31. The normalized spacial score (nSPS) is 22.8. The zero-order valence-electron chi connectivity index (χ0n) is 18.6. The molecule has 2 bridgehead atoms. The molecule has 0 spiro atoms. The van der Waals surface area contributed by atoms with Crippen LogP contribution in [0, 0.1) is 0 Å². The third-order valence-corrected chi connectivity index (χ3v) is 8.33. The number of aryl methyl sites for hydroxylation is 2. The molecule has 1 aromatic carbocycles. The molecule has 2 fully saturated rings. The molecule has 2 saturated heterocycles. The topological polar surface area (TPSA) is 60.5 Å². The summed E-state index contributed by atoms with van der Waals surface area (Å²) in [5.74, 6) is 1.82. The Bertz CT molecular complexity index is 1300. The lowest BCUT2D eigenvalue weighted by molar-refractivity contribution is 0.0662. The van der Waals surface area contributed by atoms with Crippen LogP contribution < -0.4 is 10.3 Å². The number of nitrogens with zero attached hydrogens (tertiary/aromatic N) is 3. The van der Waals surface area contributed by atoms with Crippen LogP contribution in [0.5, 0.6) is 5.75 Å². The van der Waals surface area contributed by atoms with Crippen LogP contribution in [0.1, 0.15) is 36.3 Å². The predicted octanol–water partition coefficient (Wildman–Crippen LogP) is 4.83. The second-order valence-electron chi connectivity index (χ2n) is 9.18. The second kappa shape index (κ2) is 8.47. The molecular formula is C26H27N3O3S. The highest BCUT2D eigenvalue weighted by molar-refractivity contribution is 7.18. The maximum Gasteiger partial charge on any atom is 0.275 e. The summed E-state index contributed by atoms with van der Waals surface area (Å²) < 4.78 is 14.0. The third kappa shape index (κ3) is 4.00. The van der Waals surface area contributed by atoms with Gasteiger partial charge in [0.25, 0.3) is 5.56 Å². The average Bonchev–Trinajstić information content (AvgIpc) is 3.53. The molecule has 4 aromatic rings. The van der Waals surface area contributed by atoms with Crippen molar-refractivity contribution in [3.8, 4) is 11.4 Å². The lowest BCUT2D eigenvalue weighted by atomic mass is 10.0. The number of furan rings is 1. The molecule has 0 aliphatic carbocycles. The SMILES string of the molecule is CN1[C@@H]2CC[C@H]1CC(Oc1ccc(-n3cnc4cc(CCc5ccco5)sc4c3=O)cc1)C2. The van der Waals surface area contributed by atoms with Gasteiger partial charge in [0.1, 0.15) is 28.6 Å². The van der Waals surface area contributed by atoms with Gasteiger partial charge in [-0.2, -0.15) is 0 Å². The van der Waals surface area contributed by atoms with Gasteiger partial charge in [-0.25, -0.2) is 4.98 Å². The van der Waals surface area contributed by atoms with Crippen LogP contribution in [-0.4, -0.2) is 39.7 Å². The number of fused-ring (bicyclic) bond motifs is 3. The molecule has 33 heavy (non-hydrogen) atoms. The van der Waals surface area contributed by atoms with Crippen molar-refractivity contribution in [1.82, 2.24) is 14.5 Å². The molecule has 6 rings (SSSR count). The first-order valence-corrected chi connectivity index (χ1v) is 12.5. The van der Waals surface area contributed by atoms with Crippen molar-refractivity contribution >= 4 is 21.6 Å². The molecule has 2 aliphatic rings. The summed E-state index contributed by atoms with van der Waals surface area (Å²) in [6.07, 6.45) is 9.98. The van der Waals surface area contributed by atoms with Gasteiger partial charge in [-0.1, -0.05) is 0 Å². The van der Waals surface area contributed by atoms with E-state index in [9.17, 15) is 4.79 Å². The van der Waals surface area contributed by atoms with E-state index in [1.54, 1.807) is 17.2 Å². The molecule has 0 radical (unpaired) electrons. The van der Waals surface area contributed by atoms with Crippen molar-refractivity contribution in [3.05, 3.63) is 76.0 Å². The standard InChI is InChI=1S/C26H27N3O3S/c1-28-18-4-5-19(28)14-22(13-18)32-21-8-6-17(7-9-21)29-16-27-24-15-23(33-25(24)26(29)30)11-10-20-3-2-12-31-20/h2-3,6-9,12,15-16,18-19,22H,4-5,10-11,13-14H2,1H3/t18-,19+,22?. The largest absolute Gasteiger partial charge is 0.490 e. The predicted molar refractivity (Wildman–Crippen MR) is 130 cm³/mol. The number of thiophene rings is 1. The Morgan fingerprint density at radius 2 is 1.91 bits per heavy atom. The quantitative estimate of drug-likeness (QED) is 0.412. The van der Waals surface area contributed by atoms with Crippen LogP contribution in [0.15, 0.2) is 64.3 Å². The summed E-state index contributed by atoms with van der Waals surface area (Å²) in [7, 11) is 2.24. The summed E-state index contributed by atoms with van der Waals surface area (Å²) in [6, 6.07) is 15.0. The minimum absolute atomic E-state index is 0.0326. The molecule has 3 aromatic heterocycles. The van der Waals surface area contributed by atoms with Gasteiger partial charge in [0.05, 0.1) is 17.5 Å². The highest BCUT2D eigenvalue weighted by Crippen LogP contribution is 2.36. The number of benzene rings is 1. The number of piperidine rings is 1. The number of aromatic nitrogens is 2. The molecule has 0 N–H and O–H groups in total. The summed E-state index contributed by atoms with van der Waals surface area (Å²) >= 11 is 1.52. The molecule has 6 nitrogen and oxygen atoms in total. The summed E-state index contributed by atoms with van der Waals surface area (Å²) in [5, 5.41) is 0. The molecular weight excluding hydrogens is 434 g/mol. The number of hydrogen-bond acceptors (Lipinski definition) is 6. The first-order valence-electron chi connectivity index (χ1n) is 11.7. The maximum absolute atomic E-state index is 13.2. The zero-order chi connectivity index (χ0) is 22.4. The van der Waals surface area contributed by atoms with Gasteiger partial charge < -0.3 is 14.1 Å². The fourth-order valence-corrected chi connectivity index (χ4v) is 6.34. The van der Waals surface area contributed by atoms with Gasteiger partial charge >= 0.3 is 0 Å². The van der Waals surface area contributed by atoms with Gasteiger partial charge in [0.15, 0.2) is 0 Å². The van der Waals surface area contributed by atoms with E-state index in [2.05, 4.69) is 16.9 Å². The lowest BCUT2D eigenvalue weighted by Gasteiger charge is -2.36. The van der Waals surface area contributed by atoms with Crippen molar-refractivity contribution in [2.75, 3.05) is 7.05 Å². The smallest absolute Gasteiger partial charge is 0.275 e. The van der Waals surface area contributed by atoms with Crippen LogP contribution in [0.25, 0.3) is 15.9 Å². The zero-order valence-corrected chi connectivity index (χ0v) is 19.5. The molecule has 0 amide bonds. The van der Waals surface area contributed by atoms with E-state index < -0.39 is 0 Å². The summed E-state index contributed by atoms with van der Waals surface area (Å²) in [4.78, 5) is 21.4. The van der Waals surface area contributed by atoms with E-state index >= 15 is 0 Å². The van der Waals surface area contributed by atoms with Gasteiger partial charge in [-0.15, -0.1) is 11.3 Å². The summed E-state index contributed by atoms with van der Waals surface area (Å²) in [5.41, 5.74) is 1.53. The van der Waals surface area contributed by atoms with E-state index in [-0.39, 0.29) is 11.7 Å². The first-order chi connectivity index (χ1) is 16.1. The molecule has 3 atom stereocenters. The van der Waals surface area contributed by atoms with Gasteiger partial charge in [0, 0.05) is 23.4 Å². The second-order valence-corrected chi connectivity index (χ2v) is 10.3. The Hall–Kier alpha value is -2.90. The molecule has 170 valence electrons. The van der Waals surface area contributed by atoms with Crippen molar-refractivity contribution in [1.29, 1.82) is 0 Å². The van der Waals surface area contributed by atoms with E-state index in [1.165, 1.54) is 24.2 Å². The first kappa shape index (κ1) is 20.7. The molecule has 7 heteroatoms. The minimum Gasteiger partial charge on any atom is -0.490 e. The van der Waals surface area contributed by atoms with E-state index in [1.807, 2.05) is 42.5 Å². The van der Waals surface area contributed by atoms with Crippen LogP contribution in [0.3, 0.4) is 0 Å². The van der Waals surface area contributed by atoms with E-state index in [0.29, 0.717) is 16.8 Å². The monoisotopic (exact) mass is 461 g/mol. The Morgan fingerprint density at radius 3 is 2.64 bits per heavy atom. The molecule has 5 heterocycles. The van der Waals surface area contributed by atoms with Crippen molar-refractivity contribution in [3.63, 3.8) is 0 Å². The highest BCUT2D eigenvalue weighted by Gasteiger charge is 2.39. The molecule has 1 unspecified atom stereocenters. The number of hydrogen-bond donors (Lipinski definition) is 0. The lowest BCUT2D eigenvalue weighted by Crippen LogP contribution is -2.43. The molecule has 2 aliphatic heterocycles. The van der Waals surface area contributed by atoms with E-state index in [0.717, 1.165) is 53.3 Å². The van der Waals surface area contributed by atoms with Crippen LogP contribution in [0.4, 0.5) is 0 Å². The Morgan fingerprint density at radius 1 is 1.12 bits per heavy atom. The number of rotatable bonds is 6. The number of ether oxygens (including phenoxy) is 1. The maximum atomic E-state index is 13.2. The fraction of sp³-hybridized carbons (Fsp3) is 0.385. The fourth-order valence-electron chi connectivity index (χ4n) is 5.31. The Balaban J connectivity index is 1.18. The van der Waals surface area contributed by atoms with Gasteiger partial charge in [0.2, 0.25) is 0 Å². The third-order valence-electron chi connectivity index (χ3n) is 7.16.